The van der Waals surface area contributed by atoms with Gasteiger partial charge in [0.05, 0.1) is 4.92 Å². The quantitative estimate of drug-likeness (QED) is 0.566. The SMILES string of the molecule is O=C(NCCc1ccc(N2CCCCCC2)cc1)c1ccc(Cl)c([N+](=O)[O-])c1. The van der Waals surface area contributed by atoms with E-state index in [4.69, 9.17) is 11.6 Å². The molecule has 1 aliphatic rings. The number of rotatable bonds is 6. The lowest BCUT2D eigenvalue weighted by atomic mass is 10.1. The molecule has 148 valence electrons. The summed E-state index contributed by atoms with van der Waals surface area (Å²) in [7, 11) is 0. The molecule has 0 aliphatic carbocycles. The van der Waals surface area contributed by atoms with Gasteiger partial charge in [0.2, 0.25) is 0 Å². The van der Waals surface area contributed by atoms with Crippen LogP contribution in [0.2, 0.25) is 5.02 Å². The predicted octanol–water partition coefficient (Wildman–Crippen LogP) is 4.60. The van der Waals surface area contributed by atoms with E-state index in [2.05, 4.69) is 34.5 Å². The number of nitro groups is 1. The molecule has 7 heteroatoms. The number of hydrogen-bond acceptors (Lipinski definition) is 4. The number of halogens is 1. The molecular formula is C21H24ClN3O3. The van der Waals surface area contributed by atoms with Crippen molar-refractivity contribution in [1.82, 2.24) is 5.32 Å². The van der Waals surface area contributed by atoms with Crippen LogP contribution in [0.3, 0.4) is 0 Å². The van der Waals surface area contributed by atoms with Crippen molar-refractivity contribution in [3.63, 3.8) is 0 Å². The van der Waals surface area contributed by atoms with Crippen LogP contribution in [0.1, 0.15) is 41.6 Å². The van der Waals surface area contributed by atoms with Crippen LogP contribution < -0.4 is 10.2 Å². The molecule has 1 fully saturated rings. The predicted molar refractivity (Wildman–Crippen MR) is 111 cm³/mol. The van der Waals surface area contributed by atoms with Gasteiger partial charge in [0.1, 0.15) is 5.02 Å². The molecule has 0 unspecified atom stereocenters. The molecule has 1 amide bonds. The topological polar surface area (TPSA) is 75.5 Å². The number of nitrogens with one attached hydrogen (secondary N) is 1. The third-order valence-electron chi connectivity index (χ3n) is 5.01. The third kappa shape index (κ3) is 5.23. The Morgan fingerprint density at radius 1 is 1.07 bits per heavy atom. The molecule has 28 heavy (non-hydrogen) atoms. The van der Waals surface area contributed by atoms with Crippen LogP contribution in [0, 0.1) is 10.1 Å². The van der Waals surface area contributed by atoms with Gasteiger partial charge in [0.15, 0.2) is 0 Å². The highest BCUT2D eigenvalue weighted by atomic mass is 35.5. The Kier molecular flexibility index (Phi) is 6.87. The maximum atomic E-state index is 12.2. The standard InChI is InChI=1S/C21H24ClN3O3/c22-19-10-7-17(15-20(19)25(27)28)21(26)23-12-11-16-5-8-18(9-6-16)24-13-3-1-2-4-14-24/h5-10,15H,1-4,11-14H2,(H,23,26). The van der Waals surface area contributed by atoms with E-state index in [1.54, 1.807) is 0 Å². The van der Waals surface area contributed by atoms with Crippen LogP contribution in [0.15, 0.2) is 42.5 Å². The van der Waals surface area contributed by atoms with Gasteiger partial charge < -0.3 is 10.2 Å². The number of amides is 1. The molecule has 6 nitrogen and oxygen atoms in total. The van der Waals surface area contributed by atoms with Gasteiger partial charge in [-0.05, 0) is 49.1 Å². The molecule has 2 aromatic carbocycles. The largest absolute Gasteiger partial charge is 0.372 e. The van der Waals surface area contributed by atoms with E-state index in [0.29, 0.717) is 13.0 Å². The molecule has 3 rings (SSSR count). The van der Waals surface area contributed by atoms with Gasteiger partial charge >= 0.3 is 0 Å². The summed E-state index contributed by atoms with van der Waals surface area (Å²) in [6.45, 7) is 2.68. The molecule has 1 N–H and O–H groups in total. The zero-order valence-electron chi connectivity index (χ0n) is 15.7. The summed E-state index contributed by atoms with van der Waals surface area (Å²) in [6, 6.07) is 12.5. The summed E-state index contributed by atoms with van der Waals surface area (Å²) in [5.41, 5.74) is 2.36. The van der Waals surface area contributed by atoms with E-state index in [1.165, 1.54) is 49.6 Å². The zero-order chi connectivity index (χ0) is 19.9. The smallest absolute Gasteiger partial charge is 0.288 e. The summed E-state index contributed by atoms with van der Waals surface area (Å²) < 4.78 is 0. The molecule has 1 heterocycles. The number of nitro benzene ring substituents is 1. The van der Waals surface area contributed by atoms with Crippen LogP contribution in [0.5, 0.6) is 0 Å². The summed E-state index contributed by atoms with van der Waals surface area (Å²) in [4.78, 5) is 25.0. The van der Waals surface area contributed by atoms with Gasteiger partial charge in [0.25, 0.3) is 11.6 Å². The minimum Gasteiger partial charge on any atom is -0.372 e. The molecule has 0 saturated carbocycles. The summed E-state index contributed by atoms with van der Waals surface area (Å²) in [6.07, 6.45) is 5.81. The lowest BCUT2D eigenvalue weighted by molar-refractivity contribution is -0.384. The van der Waals surface area contributed by atoms with Crippen molar-refractivity contribution in [1.29, 1.82) is 0 Å². The van der Waals surface area contributed by atoms with Gasteiger partial charge in [-0.25, -0.2) is 0 Å². The normalized spacial score (nSPS) is 14.4. The van der Waals surface area contributed by atoms with Crippen LogP contribution >= 0.6 is 11.6 Å². The van der Waals surface area contributed by atoms with E-state index in [9.17, 15) is 14.9 Å². The van der Waals surface area contributed by atoms with Gasteiger partial charge in [-0.15, -0.1) is 0 Å². The van der Waals surface area contributed by atoms with Crippen molar-refractivity contribution in [3.05, 3.63) is 68.7 Å². The highest BCUT2D eigenvalue weighted by Crippen LogP contribution is 2.25. The Bertz CT molecular complexity index is 831. The fourth-order valence-electron chi connectivity index (χ4n) is 3.42. The average Bonchev–Trinajstić information content (AvgIpc) is 2.98. The Balaban J connectivity index is 1.52. The van der Waals surface area contributed by atoms with Gasteiger partial charge in [-0.1, -0.05) is 36.6 Å². The fourth-order valence-corrected chi connectivity index (χ4v) is 3.61. The van der Waals surface area contributed by atoms with Crippen molar-refractivity contribution < 1.29 is 9.72 Å². The Labute approximate surface area is 169 Å². The van der Waals surface area contributed by atoms with E-state index in [0.717, 1.165) is 18.7 Å². The molecule has 0 aromatic heterocycles. The Morgan fingerprint density at radius 2 is 1.75 bits per heavy atom. The van der Waals surface area contributed by atoms with Crippen LogP contribution in [-0.4, -0.2) is 30.5 Å². The van der Waals surface area contributed by atoms with Crippen LogP contribution in [0.25, 0.3) is 0 Å². The van der Waals surface area contributed by atoms with Gasteiger partial charge in [-0.2, -0.15) is 0 Å². The molecule has 0 bridgehead atoms. The van der Waals surface area contributed by atoms with Gasteiger partial charge in [0, 0.05) is 37.0 Å². The maximum absolute atomic E-state index is 12.2. The lowest BCUT2D eigenvalue weighted by Crippen LogP contribution is -2.26. The van der Waals surface area contributed by atoms with Crippen molar-refractivity contribution >= 4 is 28.9 Å². The minimum absolute atomic E-state index is 0.0195. The van der Waals surface area contributed by atoms with E-state index < -0.39 is 4.92 Å². The number of anilines is 1. The first-order chi connectivity index (χ1) is 13.5. The average molecular weight is 402 g/mol. The first-order valence-corrected chi connectivity index (χ1v) is 9.98. The summed E-state index contributed by atoms with van der Waals surface area (Å²) in [5, 5.41) is 13.8. The van der Waals surface area contributed by atoms with Crippen LogP contribution in [-0.2, 0) is 6.42 Å². The molecule has 1 saturated heterocycles. The first-order valence-electron chi connectivity index (χ1n) is 9.60. The highest BCUT2D eigenvalue weighted by Gasteiger charge is 2.16. The number of carbonyl (C=O) groups excluding carboxylic acids is 1. The van der Waals surface area contributed by atoms with E-state index >= 15 is 0 Å². The van der Waals surface area contributed by atoms with Crippen molar-refractivity contribution in [2.24, 2.45) is 0 Å². The third-order valence-corrected chi connectivity index (χ3v) is 5.33. The molecule has 0 spiro atoms. The molecule has 0 radical (unpaired) electrons. The number of carbonyl (C=O) groups is 1. The molecule has 2 aromatic rings. The molecule has 1 aliphatic heterocycles. The second kappa shape index (κ2) is 9.55. The van der Waals surface area contributed by atoms with Crippen molar-refractivity contribution in [2.45, 2.75) is 32.1 Å². The van der Waals surface area contributed by atoms with E-state index in [-0.39, 0.29) is 22.2 Å². The highest BCUT2D eigenvalue weighted by molar-refractivity contribution is 6.32. The van der Waals surface area contributed by atoms with Crippen molar-refractivity contribution in [3.8, 4) is 0 Å². The number of hydrogen-bond donors (Lipinski definition) is 1. The van der Waals surface area contributed by atoms with E-state index in [1.807, 2.05) is 0 Å². The van der Waals surface area contributed by atoms with Crippen molar-refractivity contribution in [2.75, 3.05) is 24.5 Å². The molecular weight excluding hydrogens is 378 g/mol. The second-order valence-electron chi connectivity index (χ2n) is 7.00. The molecule has 0 atom stereocenters. The number of benzene rings is 2. The number of nitrogens with zero attached hydrogens (tertiary/aromatic N) is 2. The summed E-state index contributed by atoms with van der Waals surface area (Å²) >= 11 is 5.78. The maximum Gasteiger partial charge on any atom is 0.288 e. The monoisotopic (exact) mass is 401 g/mol. The lowest BCUT2D eigenvalue weighted by Gasteiger charge is -2.22. The second-order valence-corrected chi connectivity index (χ2v) is 7.40. The van der Waals surface area contributed by atoms with Gasteiger partial charge in [-0.3, -0.25) is 14.9 Å². The Morgan fingerprint density at radius 3 is 2.39 bits per heavy atom. The first kappa shape index (κ1) is 20.1. The van der Waals surface area contributed by atoms with Crippen LogP contribution in [0.4, 0.5) is 11.4 Å². The zero-order valence-corrected chi connectivity index (χ0v) is 16.5. The summed E-state index contributed by atoms with van der Waals surface area (Å²) in [5.74, 6) is -0.346. The fraction of sp³-hybridized carbons (Fsp3) is 0.381. The Hall–Kier alpha value is -2.60. The minimum atomic E-state index is -0.592.